The zero-order chi connectivity index (χ0) is 23.7. The van der Waals surface area contributed by atoms with Crippen LogP contribution in [-0.2, 0) is 20.9 Å². The molecule has 0 heterocycles. The zero-order valence-electron chi connectivity index (χ0n) is 18.9. The number of ether oxygens (including phenoxy) is 1. The van der Waals surface area contributed by atoms with Gasteiger partial charge in [0.2, 0.25) is 17.7 Å². The SMILES string of the molecule is COc1ccc(NC(=O)CNC(=O)CN(Cc2ccc(F)cc2)C(=O)CC(C)(C)C)cc1. The first-order chi connectivity index (χ1) is 15.1. The molecule has 2 aromatic carbocycles. The molecule has 3 amide bonds. The molecule has 7 nitrogen and oxygen atoms in total. The van der Waals surface area contributed by atoms with E-state index in [1.54, 1.807) is 43.5 Å². The Morgan fingerprint density at radius 3 is 2.16 bits per heavy atom. The highest BCUT2D eigenvalue weighted by atomic mass is 19.1. The van der Waals surface area contributed by atoms with Crippen molar-refractivity contribution in [1.29, 1.82) is 0 Å². The van der Waals surface area contributed by atoms with Crippen molar-refractivity contribution in [2.24, 2.45) is 5.41 Å². The molecule has 0 bridgehead atoms. The minimum absolute atomic E-state index is 0.167. The maximum atomic E-state index is 13.2. The van der Waals surface area contributed by atoms with Crippen molar-refractivity contribution in [3.63, 3.8) is 0 Å². The molecule has 0 fully saturated rings. The number of hydrogen-bond donors (Lipinski definition) is 2. The van der Waals surface area contributed by atoms with Crippen LogP contribution in [0.1, 0.15) is 32.8 Å². The third-order valence-electron chi connectivity index (χ3n) is 4.48. The minimum atomic E-state index is -0.459. The summed E-state index contributed by atoms with van der Waals surface area (Å²) >= 11 is 0. The average molecular weight is 444 g/mol. The summed E-state index contributed by atoms with van der Waals surface area (Å²) < 4.78 is 18.3. The Labute approximate surface area is 187 Å². The Morgan fingerprint density at radius 2 is 1.59 bits per heavy atom. The van der Waals surface area contributed by atoms with E-state index in [2.05, 4.69) is 10.6 Å². The molecule has 172 valence electrons. The molecular formula is C24H30FN3O4. The predicted octanol–water partition coefficient (Wildman–Crippen LogP) is 3.35. The third kappa shape index (κ3) is 8.75. The largest absolute Gasteiger partial charge is 0.497 e. The summed E-state index contributed by atoms with van der Waals surface area (Å²) in [6, 6.07) is 12.6. The lowest BCUT2D eigenvalue weighted by Gasteiger charge is -2.26. The molecule has 0 saturated carbocycles. The molecule has 0 radical (unpaired) electrons. The molecule has 32 heavy (non-hydrogen) atoms. The number of amides is 3. The highest BCUT2D eigenvalue weighted by Crippen LogP contribution is 2.21. The number of methoxy groups -OCH3 is 1. The fraction of sp³-hybridized carbons (Fsp3) is 0.375. The van der Waals surface area contributed by atoms with E-state index < -0.39 is 11.8 Å². The Morgan fingerprint density at radius 1 is 0.969 bits per heavy atom. The molecular weight excluding hydrogens is 413 g/mol. The van der Waals surface area contributed by atoms with Gasteiger partial charge in [0.05, 0.1) is 20.2 Å². The monoisotopic (exact) mass is 443 g/mol. The third-order valence-corrected chi connectivity index (χ3v) is 4.48. The molecule has 0 saturated heterocycles. The van der Waals surface area contributed by atoms with E-state index in [0.29, 0.717) is 17.0 Å². The molecule has 2 N–H and O–H groups in total. The van der Waals surface area contributed by atoms with Crippen LogP contribution in [0.5, 0.6) is 5.75 Å². The second kappa shape index (κ2) is 11.3. The lowest BCUT2D eigenvalue weighted by Crippen LogP contribution is -2.43. The molecule has 8 heteroatoms. The molecule has 0 atom stereocenters. The number of anilines is 1. The number of halogens is 1. The van der Waals surface area contributed by atoms with Crippen LogP contribution in [0.15, 0.2) is 48.5 Å². The van der Waals surface area contributed by atoms with Gasteiger partial charge in [-0.15, -0.1) is 0 Å². The topological polar surface area (TPSA) is 87.7 Å². The summed E-state index contributed by atoms with van der Waals surface area (Å²) in [4.78, 5) is 38.8. The fourth-order valence-electron chi connectivity index (χ4n) is 2.90. The molecule has 2 rings (SSSR count). The van der Waals surface area contributed by atoms with Gasteiger partial charge in [-0.2, -0.15) is 0 Å². The zero-order valence-corrected chi connectivity index (χ0v) is 18.9. The second-order valence-corrected chi connectivity index (χ2v) is 8.67. The Bertz CT molecular complexity index is 922. The average Bonchev–Trinajstić information content (AvgIpc) is 2.72. The molecule has 0 spiro atoms. The van der Waals surface area contributed by atoms with E-state index in [-0.39, 0.29) is 43.2 Å². The van der Waals surface area contributed by atoms with Gasteiger partial charge in [0.25, 0.3) is 0 Å². The van der Waals surface area contributed by atoms with Gasteiger partial charge in [-0.25, -0.2) is 4.39 Å². The summed E-state index contributed by atoms with van der Waals surface area (Å²) in [5.41, 5.74) is 1.02. The Hall–Kier alpha value is -3.42. The highest BCUT2D eigenvalue weighted by Gasteiger charge is 2.23. The normalized spacial score (nSPS) is 10.9. The lowest BCUT2D eigenvalue weighted by molar-refractivity contribution is -0.138. The maximum absolute atomic E-state index is 13.2. The van der Waals surface area contributed by atoms with Crippen molar-refractivity contribution < 1.29 is 23.5 Å². The van der Waals surface area contributed by atoms with Crippen LogP contribution in [0.25, 0.3) is 0 Å². The first kappa shape index (κ1) is 24.8. The molecule has 0 unspecified atom stereocenters. The van der Waals surface area contributed by atoms with Gasteiger partial charge in [-0.05, 0) is 47.4 Å². The minimum Gasteiger partial charge on any atom is -0.497 e. The van der Waals surface area contributed by atoms with Gasteiger partial charge in [-0.3, -0.25) is 14.4 Å². The van der Waals surface area contributed by atoms with Crippen molar-refractivity contribution in [3.05, 3.63) is 59.9 Å². The molecule has 0 aliphatic heterocycles. The first-order valence-corrected chi connectivity index (χ1v) is 10.3. The Kier molecular flexibility index (Phi) is 8.75. The van der Waals surface area contributed by atoms with Crippen molar-refractivity contribution in [2.45, 2.75) is 33.7 Å². The van der Waals surface area contributed by atoms with E-state index in [4.69, 9.17) is 4.74 Å². The van der Waals surface area contributed by atoms with Crippen molar-refractivity contribution in [2.75, 3.05) is 25.5 Å². The number of carbonyl (C=O) groups is 3. The van der Waals surface area contributed by atoms with E-state index >= 15 is 0 Å². The van der Waals surface area contributed by atoms with Gasteiger partial charge in [0.15, 0.2) is 0 Å². The van der Waals surface area contributed by atoms with Crippen LogP contribution in [-0.4, -0.2) is 42.8 Å². The number of benzene rings is 2. The quantitative estimate of drug-likeness (QED) is 0.622. The van der Waals surface area contributed by atoms with Crippen LogP contribution in [0.2, 0.25) is 0 Å². The fourth-order valence-corrected chi connectivity index (χ4v) is 2.90. The number of nitrogens with one attached hydrogen (secondary N) is 2. The van der Waals surface area contributed by atoms with Gasteiger partial charge >= 0.3 is 0 Å². The second-order valence-electron chi connectivity index (χ2n) is 8.67. The van der Waals surface area contributed by atoms with E-state index in [0.717, 1.165) is 0 Å². The van der Waals surface area contributed by atoms with Gasteiger partial charge in [-0.1, -0.05) is 32.9 Å². The molecule has 0 aliphatic carbocycles. The number of nitrogens with zero attached hydrogens (tertiary/aromatic N) is 1. The highest BCUT2D eigenvalue weighted by molar-refractivity contribution is 5.95. The van der Waals surface area contributed by atoms with E-state index in [1.165, 1.54) is 17.0 Å². The van der Waals surface area contributed by atoms with E-state index in [9.17, 15) is 18.8 Å². The summed E-state index contributed by atoms with van der Waals surface area (Å²) in [6.45, 7) is 5.53. The Balaban J connectivity index is 1.94. The van der Waals surface area contributed by atoms with Crippen LogP contribution < -0.4 is 15.4 Å². The smallest absolute Gasteiger partial charge is 0.243 e. The predicted molar refractivity (Wildman–Crippen MR) is 121 cm³/mol. The van der Waals surface area contributed by atoms with Gasteiger partial charge < -0.3 is 20.3 Å². The molecule has 0 aromatic heterocycles. The number of hydrogen-bond acceptors (Lipinski definition) is 4. The summed E-state index contributed by atoms with van der Waals surface area (Å²) in [5.74, 6) is -0.757. The van der Waals surface area contributed by atoms with E-state index in [1.807, 2.05) is 20.8 Å². The van der Waals surface area contributed by atoms with Crippen molar-refractivity contribution in [3.8, 4) is 5.75 Å². The lowest BCUT2D eigenvalue weighted by atomic mass is 9.91. The van der Waals surface area contributed by atoms with Crippen LogP contribution >= 0.6 is 0 Å². The number of rotatable bonds is 9. The van der Waals surface area contributed by atoms with Gasteiger partial charge in [0.1, 0.15) is 11.6 Å². The van der Waals surface area contributed by atoms with Crippen LogP contribution in [0, 0.1) is 11.2 Å². The van der Waals surface area contributed by atoms with Crippen molar-refractivity contribution >= 4 is 23.4 Å². The first-order valence-electron chi connectivity index (χ1n) is 10.3. The van der Waals surface area contributed by atoms with Crippen LogP contribution in [0.4, 0.5) is 10.1 Å². The van der Waals surface area contributed by atoms with Crippen LogP contribution in [0.3, 0.4) is 0 Å². The van der Waals surface area contributed by atoms with Gasteiger partial charge in [0, 0.05) is 18.7 Å². The molecule has 2 aromatic rings. The summed E-state index contributed by atoms with van der Waals surface area (Å²) in [7, 11) is 1.55. The summed E-state index contributed by atoms with van der Waals surface area (Å²) in [6.07, 6.45) is 0.249. The summed E-state index contributed by atoms with van der Waals surface area (Å²) in [5, 5.41) is 5.21. The molecule has 0 aliphatic rings. The van der Waals surface area contributed by atoms with Crippen molar-refractivity contribution in [1.82, 2.24) is 10.2 Å². The standard InChI is InChI=1S/C24H30FN3O4/c1-24(2,3)13-23(31)28(15-17-5-7-18(25)8-6-17)16-22(30)26-14-21(29)27-19-9-11-20(32-4)12-10-19/h5-12H,13-16H2,1-4H3,(H,26,30)(H,27,29). The number of carbonyl (C=O) groups excluding carboxylic acids is 3. The maximum Gasteiger partial charge on any atom is 0.243 e.